The van der Waals surface area contributed by atoms with Gasteiger partial charge in [0.2, 0.25) is 5.95 Å². The lowest BCUT2D eigenvalue weighted by atomic mass is 10.1. The van der Waals surface area contributed by atoms with Crippen LogP contribution in [0.15, 0.2) is 65.8 Å². The summed E-state index contributed by atoms with van der Waals surface area (Å²) >= 11 is 1.73. The van der Waals surface area contributed by atoms with Gasteiger partial charge in [-0.25, -0.2) is 9.97 Å². The van der Waals surface area contributed by atoms with Crippen LogP contribution in [-0.2, 0) is 0 Å². The Morgan fingerprint density at radius 2 is 1.55 bits per heavy atom. The number of benzene rings is 2. The van der Waals surface area contributed by atoms with Crippen molar-refractivity contribution in [1.29, 1.82) is 0 Å². The van der Waals surface area contributed by atoms with Crippen molar-refractivity contribution in [2.45, 2.75) is 18.7 Å². The van der Waals surface area contributed by atoms with Gasteiger partial charge >= 0.3 is 0 Å². The van der Waals surface area contributed by atoms with Gasteiger partial charge in [0.1, 0.15) is 12.4 Å². The molecule has 1 heterocycles. The Hall–Kier alpha value is -2.57. The first-order chi connectivity index (χ1) is 14.2. The minimum atomic E-state index is 0.574. The van der Waals surface area contributed by atoms with E-state index in [0.717, 1.165) is 42.2 Å². The highest BCUT2D eigenvalue weighted by Crippen LogP contribution is 2.23. The normalized spacial score (nSPS) is 10.9. The van der Waals surface area contributed by atoms with Crippen LogP contribution in [0.1, 0.15) is 13.8 Å². The van der Waals surface area contributed by atoms with E-state index in [1.54, 1.807) is 11.8 Å². The van der Waals surface area contributed by atoms with Crippen molar-refractivity contribution in [3.63, 3.8) is 0 Å². The second-order valence-corrected chi connectivity index (χ2v) is 7.43. The van der Waals surface area contributed by atoms with Gasteiger partial charge in [-0.1, -0.05) is 26.0 Å². The van der Waals surface area contributed by atoms with E-state index in [0.29, 0.717) is 12.6 Å². The Morgan fingerprint density at radius 3 is 2.14 bits per heavy atom. The fraction of sp³-hybridized carbons (Fsp3) is 0.304. The summed E-state index contributed by atoms with van der Waals surface area (Å²) in [6.45, 7) is 8.05. The molecule has 0 spiro atoms. The van der Waals surface area contributed by atoms with Gasteiger partial charge < -0.3 is 15.0 Å². The van der Waals surface area contributed by atoms with E-state index in [1.807, 2.05) is 36.7 Å². The first kappa shape index (κ1) is 21.1. The topological polar surface area (TPSA) is 50.3 Å². The summed E-state index contributed by atoms with van der Waals surface area (Å²) in [5.41, 5.74) is 3.04. The molecule has 2 aromatic carbocycles. The third kappa shape index (κ3) is 6.21. The number of anilines is 2. The maximum absolute atomic E-state index is 5.82. The molecule has 0 fully saturated rings. The highest BCUT2D eigenvalue weighted by Gasteiger charge is 2.03. The van der Waals surface area contributed by atoms with E-state index in [1.165, 1.54) is 4.90 Å². The van der Waals surface area contributed by atoms with Crippen LogP contribution in [0.2, 0.25) is 0 Å². The Balaban J connectivity index is 1.54. The summed E-state index contributed by atoms with van der Waals surface area (Å²) in [4.78, 5) is 12.5. The molecule has 0 unspecified atom stereocenters. The molecule has 29 heavy (non-hydrogen) atoms. The lowest BCUT2D eigenvalue weighted by Crippen LogP contribution is -2.27. The number of hydrogen-bond donors (Lipinski definition) is 1. The fourth-order valence-corrected chi connectivity index (χ4v) is 3.33. The zero-order valence-corrected chi connectivity index (χ0v) is 18.1. The minimum absolute atomic E-state index is 0.574. The van der Waals surface area contributed by atoms with Crippen molar-refractivity contribution in [3.8, 4) is 16.9 Å². The molecule has 0 aliphatic rings. The summed E-state index contributed by atoms with van der Waals surface area (Å²) in [5, 5.41) is 3.23. The molecule has 3 aromatic rings. The van der Waals surface area contributed by atoms with Crippen molar-refractivity contribution in [2.75, 3.05) is 37.8 Å². The Kier molecular flexibility index (Phi) is 7.90. The van der Waals surface area contributed by atoms with Crippen LogP contribution in [-0.4, -0.2) is 47.4 Å². The van der Waals surface area contributed by atoms with Crippen LogP contribution in [0, 0.1) is 0 Å². The zero-order valence-electron chi connectivity index (χ0n) is 17.3. The predicted molar refractivity (Wildman–Crippen MR) is 122 cm³/mol. The van der Waals surface area contributed by atoms with Crippen LogP contribution < -0.4 is 10.1 Å². The van der Waals surface area contributed by atoms with E-state index in [-0.39, 0.29) is 0 Å². The smallest absolute Gasteiger partial charge is 0.227 e. The third-order valence-electron chi connectivity index (χ3n) is 4.76. The predicted octanol–water partition coefficient (Wildman–Crippen LogP) is 5.33. The first-order valence-electron chi connectivity index (χ1n) is 9.90. The molecule has 0 saturated heterocycles. The largest absolute Gasteiger partial charge is 0.492 e. The summed E-state index contributed by atoms with van der Waals surface area (Å²) in [5.74, 6) is 1.44. The summed E-state index contributed by atoms with van der Waals surface area (Å²) < 4.78 is 5.82. The van der Waals surface area contributed by atoms with Crippen LogP contribution >= 0.6 is 11.8 Å². The van der Waals surface area contributed by atoms with Crippen LogP contribution in [0.3, 0.4) is 0 Å². The molecule has 5 nitrogen and oxygen atoms in total. The number of aromatic nitrogens is 2. The second kappa shape index (κ2) is 10.8. The molecule has 0 aliphatic carbocycles. The molecule has 0 radical (unpaired) electrons. The Labute approximate surface area is 177 Å². The molecule has 0 bridgehead atoms. The van der Waals surface area contributed by atoms with E-state index in [2.05, 4.69) is 64.6 Å². The number of thioether (sulfide) groups is 1. The number of likely N-dealkylation sites (N-methyl/N-ethyl adjacent to an activating group) is 1. The third-order valence-corrected chi connectivity index (χ3v) is 5.50. The molecular formula is C23H28N4OS. The van der Waals surface area contributed by atoms with Gasteiger partial charge in [-0.05, 0) is 61.3 Å². The number of nitrogens with zero attached hydrogens (tertiary/aromatic N) is 3. The average molecular weight is 409 g/mol. The maximum atomic E-state index is 5.82. The number of hydrogen-bond acceptors (Lipinski definition) is 6. The highest BCUT2D eigenvalue weighted by atomic mass is 32.2. The van der Waals surface area contributed by atoms with E-state index >= 15 is 0 Å². The number of ether oxygens (including phenoxy) is 1. The molecule has 0 atom stereocenters. The van der Waals surface area contributed by atoms with Gasteiger partial charge in [0, 0.05) is 35.1 Å². The van der Waals surface area contributed by atoms with Crippen molar-refractivity contribution < 1.29 is 4.74 Å². The van der Waals surface area contributed by atoms with Crippen molar-refractivity contribution in [1.82, 2.24) is 14.9 Å². The second-order valence-electron chi connectivity index (χ2n) is 6.55. The summed E-state index contributed by atoms with van der Waals surface area (Å²) in [6, 6.07) is 16.3. The molecule has 0 amide bonds. The van der Waals surface area contributed by atoms with Crippen molar-refractivity contribution in [2.24, 2.45) is 0 Å². The van der Waals surface area contributed by atoms with E-state index < -0.39 is 0 Å². The lowest BCUT2D eigenvalue weighted by molar-refractivity contribution is 0.223. The molecule has 6 heteroatoms. The Morgan fingerprint density at radius 1 is 0.897 bits per heavy atom. The van der Waals surface area contributed by atoms with Crippen molar-refractivity contribution in [3.05, 3.63) is 60.9 Å². The molecule has 152 valence electrons. The molecule has 1 aromatic heterocycles. The quantitative estimate of drug-likeness (QED) is 0.458. The van der Waals surface area contributed by atoms with Gasteiger partial charge in [-0.3, -0.25) is 0 Å². The standard InChI is InChI=1S/C23H28N4OS/c1-4-27(5-2)14-15-28-21-10-8-20(9-11-21)26-23-24-16-19(17-25-23)18-6-12-22(29-3)13-7-18/h6-13,16-17H,4-5,14-15H2,1-3H3,(H,24,25,26). The van der Waals surface area contributed by atoms with Crippen molar-refractivity contribution >= 4 is 23.4 Å². The lowest BCUT2D eigenvalue weighted by Gasteiger charge is -2.18. The van der Waals surface area contributed by atoms with Crippen LogP contribution in [0.5, 0.6) is 5.75 Å². The van der Waals surface area contributed by atoms with Gasteiger partial charge in [0.15, 0.2) is 0 Å². The van der Waals surface area contributed by atoms with E-state index in [9.17, 15) is 0 Å². The van der Waals surface area contributed by atoms with Gasteiger partial charge in [-0.15, -0.1) is 11.8 Å². The first-order valence-corrected chi connectivity index (χ1v) is 11.1. The fourth-order valence-electron chi connectivity index (χ4n) is 2.92. The van der Waals surface area contributed by atoms with Crippen LogP contribution in [0.25, 0.3) is 11.1 Å². The van der Waals surface area contributed by atoms with Gasteiger partial charge in [-0.2, -0.15) is 0 Å². The SMILES string of the molecule is CCN(CC)CCOc1ccc(Nc2ncc(-c3ccc(SC)cc3)cn2)cc1. The highest BCUT2D eigenvalue weighted by molar-refractivity contribution is 7.98. The van der Waals surface area contributed by atoms with E-state index in [4.69, 9.17) is 4.74 Å². The Bertz CT molecular complexity index is 863. The summed E-state index contributed by atoms with van der Waals surface area (Å²) in [6.07, 6.45) is 5.76. The number of rotatable bonds is 10. The monoisotopic (exact) mass is 408 g/mol. The summed E-state index contributed by atoms with van der Waals surface area (Å²) in [7, 11) is 0. The number of nitrogens with one attached hydrogen (secondary N) is 1. The van der Waals surface area contributed by atoms with Gasteiger partial charge in [0.05, 0.1) is 0 Å². The molecule has 0 saturated carbocycles. The molecule has 0 aliphatic heterocycles. The molecule has 1 N–H and O–H groups in total. The average Bonchev–Trinajstić information content (AvgIpc) is 2.78. The zero-order chi connectivity index (χ0) is 20.5. The molecular weight excluding hydrogens is 380 g/mol. The van der Waals surface area contributed by atoms with Gasteiger partial charge in [0.25, 0.3) is 0 Å². The molecule has 3 rings (SSSR count). The minimum Gasteiger partial charge on any atom is -0.492 e. The van der Waals surface area contributed by atoms with Crippen LogP contribution in [0.4, 0.5) is 11.6 Å². The maximum Gasteiger partial charge on any atom is 0.227 e.